The SMILES string of the molecule is COC(CN)c1ccc(C)c(C)c1.COC(CNC(C)=O)c1ccc(C)c(C)c1.COC(C[N+](=O)[O-])c1ccc(C)c(C)c1.C[O-].Cc1cc2ccnc(C)c2cc1C.Cc1ccc(/C=C/[N+](=O)[O-])cc1C.O=P(Cl)(Cl)Cl.[Na+]. The molecule has 0 radical (unpaired) electrons. The Morgan fingerprint density at radius 1 is 0.628 bits per heavy atom. The molecular formula is C58H78Cl3N5NaO10P. The van der Waals surface area contributed by atoms with E-state index < -0.39 is 16.2 Å². The predicted molar refractivity (Wildman–Crippen MR) is 316 cm³/mol. The summed E-state index contributed by atoms with van der Waals surface area (Å²) in [6, 6.07) is 30.5. The summed E-state index contributed by atoms with van der Waals surface area (Å²) in [4.78, 5) is 34.8. The number of amides is 1. The summed E-state index contributed by atoms with van der Waals surface area (Å²) in [5, 5.41) is 30.8. The zero-order chi connectivity index (χ0) is 59.2. The molecule has 3 N–H and O–H groups in total. The largest absolute Gasteiger partial charge is 1.00 e. The zero-order valence-electron chi connectivity index (χ0n) is 48.3. The van der Waals surface area contributed by atoms with E-state index in [1.165, 1.54) is 75.4 Å². The quantitative estimate of drug-likeness (QED) is 0.0477. The van der Waals surface area contributed by atoms with Gasteiger partial charge in [-0.15, -0.1) is 0 Å². The first-order valence-electron chi connectivity index (χ1n) is 24.2. The number of fused-ring (bicyclic) bond motifs is 1. The Hall–Kier alpha value is -4.58. The first kappa shape index (κ1) is 75.5. The van der Waals surface area contributed by atoms with Gasteiger partial charge in [0.25, 0.3) is 0 Å². The van der Waals surface area contributed by atoms with Crippen molar-refractivity contribution in [2.45, 2.75) is 101 Å². The average Bonchev–Trinajstić information content (AvgIpc) is 3.36. The number of hydrogen-bond donors (Lipinski definition) is 2. The standard InChI is InChI=1S/C13H19NO2.C12H13N.C11H15NO3.C11H17NO.C10H11NO2.CH3O.Cl3OP.Na/c1-9-5-6-12(7-10(9)2)13(16-4)8-14-11(3)15;1-8-6-11-4-5-13-10(3)12(11)7-9(8)2;1-8-4-5-10(6-9(8)2)11(15-3)7-12(13)14;1-8-4-5-10(6-9(8)2)11(7-12)13-3;1-8-3-4-10(7-9(8)2)5-6-11(12)13;1-2;1-5(2,3)4;/h5-7,13H,8H2,1-4H3,(H,14,15);4-7H,1-3H3;4-6,11H,7H2,1-3H3;4-6,11H,7,12H2,1-3H3;3-7H,1-2H3;1H3;;/q;;;;;-1;;+1/b;;;;6-5+;;;. The number of nitro groups is 2. The number of carbonyl (C=O) groups excluding carboxylic acids is 1. The molecule has 6 aromatic rings. The molecule has 3 atom stereocenters. The van der Waals surface area contributed by atoms with Crippen LogP contribution in [-0.2, 0) is 23.6 Å². The molecular weight excluding hydrogens is 1090 g/mol. The molecule has 0 spiro atoms. The number of nitrogens with one attached hydrogen (secondary N) is 1. The van der Waals surface area contributed by atoms with Crippen LogP contribution in [0.15, 0.2) is 103 Å². The number of pyridine rings is 1. The van der Waals surface area contributed by atoms with Gasteiger partial charge in [0, 0.05) is 69.6 Å². The third kappa shape index (κ3) is 30.7. The Balaban J connectivity index is 0. The summed E-state index contributed by atoms with van der Waals surface area (Å²) < 4.78 is 25.2. The van der Waals surface area contributed by atoms with Crippen molar-refractivity contribution in [2.75, 3.05) is 48.1 Å². The van der Waals surface area contributed by atoms with Crippen molar-refractivity contribution in [1.29, 1.82) is 0 Å². The van der Waals surface area contributed by atoms with Gasteiger partial charge in [0.2, 0.25) is 18.7 Å². The van der Waals surface area contributed by atoms with E-state index in [1.807, 2.05) is 76.4 Å². The first-order valence-corrected chi connectivity index (χ1v) is 28.6. The van der Waals surface area contributed by atoms with E-state index in [-0.39, 0.29) is 59.1 Å². The fraction of sp³-hybridized carbons (Fsp3) is 0.379. The maximum atomic E-state index is 10.8. The number of ether oxygens (including phenoxy) is 3. The number of carbonyl (C=O) groups is 1. The van der Waals surface area contributed by atoms with Gasteiger partial charge in [0.1, 0.15) is 6.10 Å². The molecule has 0 aliphatic rings. The molecule has 15 nitrogen and oxygen atoms in total. The molecule has 1 heterocycles. The van der Waals surface area contributed by atoms with Crippen LogP contribution in [0, 0.1) is 96.4 Å². The summed E-state index contributed by atoms with van der Waals surface area (Å²) in [6.45, 7) is 25.0. The van der Waals surface area contributed by atoms with E-state index in [1.54, 1.807) is 14.2 Å². The first-order chi connectivity index (χ1) is 36.0. The van der Waals surface area contributed by atoms with Crippen LogP contribution in [0.4, 0.5) is 0 Å². The monoisotopic (exact) mass is 1160 g/mol. The van der Waals surface area contributed by atoms with Gasteiger partial charge in [-0.3, -0.25) is 34.6 Å². The summed E-state index contributed by atoms with van der Waals surface area (Å²) in [5.74, 6) is -0.0362. The van der Waals surface area contributed by atoms with Crippen LogP contribution in [0.3, 0.4) is 0 Å². The van der Waals surface area contributed by atoms with Gasteiger partial charge in [0.05, 0.1) is 17.1 Å². The fourth-order valence-electron chi connectivity index (χ4n) is 6.89. The van der Waals surface area contributed by atoms with E-state index in [4.69, 9.17) is 25.1 Å². The molecule has 3 unspecified atom stereocenters. The summed E-state index contributed by atoms with van der Waals surface area (Å²) in [5.41, 5.74) is 23.1. The third-order valence-corrected chi connectivity index (χ3v) is 12.1. The van der Waals surface area contributed by atoms with Gasteiger partial charge in [-0.05, 0) is 205 Å². The van der Waals surface area contributed by atoms with E-state index in [9.17, 15) is 29.6 Å². The molecule has 20 heteroatoms. The molecule has 1 aromatic heterocycles. The predicted octanol–water partition coefficient (Wildman–Crippen LogP) is 10.8. The number of rotatable bonds is 13. The van der Waals surface area contributed by atoms with Crippen LogP contribution in [-0.4, -0.2) is 68.8 Å². The molecule has 422 valence electrons. The number of aryl methyl sites for hydroxylation is 11. The van der Waals surface area contributed by atoms with Crippen molar-refractivity contribution in [3.05, 3.63) is 207 Å². The van der Waals surface area contributed by atoms with E-state index in [0.29, 0.717) is 13.1 Å². The Kier molecular flexibility index (Phi) is 38.5. The van der Waals surface area contributed by atoms with Crippen molar-refractivity contribution < 1.29 is 68.1 Å². The number of nitrogens with two attached hydrogens (primary N) is 1. The topological polar surface area (TPSA) is 222 Å². The van der Waals surface area contributed by atoms with Crippen LogP contribution < -0.4 is 45.7 Å². The van der Waals surface area contributed by atoms with Crippen molar-refractivity contribution in [3.8, 4) is 0 Å². The van der Waals surface area contributed by atoms with Gasteiger partial charge in [0.15, 0.2) is 0 Å². The molecule has 78 heavy (non-hydrogen) atoms. The fourth-order valence-corrected chi connectivity index (χ4v) is 6.89. The Morgan fingerprint density at radius 2 is 1.01 bits per heavy atom. The molecule has 1 amide bonds. The molecule has 0 bridgehead atoms. The molecule has 0 aliphatic carbocycles. The summed E-state index contributed by atoms with van der Waals surface area (Å²) in [6.07, 6.45) is 3.80. The van der Waals surface area contributed by atoms with E-state index in [0.717, 1.165) is 52.4 Å². The van der Waals surface area contributed by atoms with Gasteiger partial charge >= 0.3 is 34.8 Å². The minimum Gasteiger partial charge on any atom is -0.857 e. The van der Waals surface area contributed by atoms with Gasteiger partial charge in [-0.1, -0.05) is 78.9 Å². The molecule has 0 saturated carbocycles. The van der Waals surface area contributed by atoms with Crippen LogP contribution in [0.25, 0.3) is 16.8 Å². The van der Waals surface area contributed by atoms with E-state index in [2.05, 4.69) is 141 Å². The van der Waals surface area contributed by atoms with Crippen LogP contribution >= 0.6 is 38.9 Å². The maximum Gasteiger partial charge on any atom is 1.00 e. The van der Waals surface area contributed by atoms with Crippen molar-refractivity contribution in [2.24, 2.45) is 5.73 Å². The number of nitrogens with zero attached hydrogens (tertiary/aromatic N) is 3. The van der Waals surface area contributed by atoms with Crippen LogP contribution in [0.2, 0.25) is 0 Å². The number of halogens is 3. The van der Waals surface area contributed by atoms with Gasteiger partial charge in [-0.25, -0.2) is 0 Å². The van der Waals surface area contributed by atoms with Gasteiger partial charge < -0.3 is 30.4 Å². The molecule has 0 fully saturated rings. The molecule has 5 aromatic carbocycles. The number of hydrogen-bond acceptors (Lipinski definition) is 12. The molecule has 6 rings (SSSR count). The summed E-state index contributed by atoms with van der Waals surface area (Å²) in [7, 11) is 5.58. The average molecular weight is 1170 g/mol. The van der Waals surface area contributed by atoms with Crippen LogP contribution in [0.5, 0.6) is 0 Å². The second-order valence-corrected chi connectivity index (χ2v) is 24.4. The minimum absolute atomic E-state index is 0. The number of benzene rings is 5. The number of aromatic nitrogens is 1. The maximum absolute atomic E-state index is 10.8. The number of methoxy groups -OCH3 is 3. The van der Waals surface area contributed by atoms with Crippen molar-refractivity contribution in [3.63, 3.8) is 0 Å². The second-order valence-electron chi connectivity index (χ2n) is 17.8. The molecule has 0 aliphatic heterocycles. The Bertz CT molecular complexity index is 2880. The van der Waals surface area contributed by atoms with E-state index >= 15 is 0 Å². The minimum atomic E-state index is -3.22. The zero-order valence-corrected chi connectivity index (χ0v) is 53.5. The van der Waals surface area contributed by atoms with Crippen molar-refractivity contribution in [1.82, 2.24) is 10.3 Å². The molecule has 0 saturated heterocycles. The van der Waals surface area contributed by atoms with Crippen molar-refractivity contribution >= 4 is 61.7 Å². The Labute approximate surface area is 499 Å². The third-order valence-electron chi connectivity index (χ3n) is 12.1. The van der Waals surface area contributed by atoms with Gasteiger partial charge in [-0.2, -0.15) is 7.11 Å². The normalized spacial score (nSPS) is 11.4. The smallest absolute Gasteiger partial charge is 0.857 e. The Morgan fingerprint density at radius 3 is 1.38 bits per heavy atom. The summed E-state index contributed by atoms with van der Waals surface area (Å²) >= 11 is 13.8. The van der Waals surface area contributed by atoms with Crippen LogP contribution in [0.1, 0.15) is 109 Å². The second kappa shape index (κ2) is 39.7.